The van der Waals surface area contributed by atoms with Crippen LogP contribution in [0.15, 0.2) is 78.9 Å². The topological polar surface area (TPSA) is 95.5 Å². The third-order valence-corrected chi connectivity index (χ3v) is 7.81. The lowest BCUT2D eigenvalue weighted by atomic mass is 9.89. The summed E-state index contributed by atoms with van der Waals surface area (Å²) in [5.74, 6) is -2.05. The van der Waals surface area contributed by atoms with Crippen LogP contribution >= 0.6 is 12.6 Å². The number of fused-ring (bicyclic) bond motifs is 1. The van der Waals surface area contributed by atoms with Crippen molar-refractivity contribution in [2.24, 2.45) is 5.92 Å². The number of carbonyl (C=O) groups is 3. The number of aryl methyl sites for hydroxylation is 1. The van der Waals surface area contributed by atoms with Crippen molar-refractivity contribution >= 4 is 30.4 Å². The Morgan fingerprint density at radius 3 is 2.19 bits per heavy atom. The van der Waals surface area contributed by atoms with Crippen LogP contribution in [0.3, 0.4) is 0 Å². The molecule has 6 nitrogen and oxygen atoms in total. The van der Waals surface area contributed by atoms with Crippen LogP contribution in [0.5, 0.6) is 0 Å². The van der Waals surface area contributed by atoms with Gasteiger partial charge in [0.15, 0.2) is 0 Å². The molecule has 0 bridgehead atoms. The summed E-state index contributed by atoms with van der Waals surface area (Å²) >= 11 is 4.43. The molecular weight excluding hydrogens is 484 g/mol. The molecule has 0 aromatic heterocycles. The molecule has 0 aliphatic heterocycles. The molecule has 7 heteroatoms. The minimum absolute atomic E-state index is 0.0364. The molecule has 0 saturated heterocycles. The predicted octanol–water partition coefficient (Wildman–Crippen LogP) is 4.38. The highest BCUT2D eigenvalue weighted by atomic mass is 32.1. The van der Waals surface area contributed by atoms with Gasteiger partial charge in [0.1, 0.15) is 11.6 Å². The fourth-order valence-electron chi connectivity index (χ4n) is 4.80. The molecule has 0 fully saturated rings. The first-order valence-corrected chi connectivity index (χ1v) is 13.0. The van der Waals surface area contributed by atoms with Crippen molar-refractivity contribution in [3.8, 4) is 11.1 Å². The van der Waals surface area contributed by atoms with E-state index in [4.69, 9.17) is 0 Å². The summed E-state index contributed by atoms with van der Waals surface area (Å²) in [5, 5.41) is 15.0. The zero-order valence-corrected chi connectivity index (χ0v) is 21.9. The Labute approximate surface area is 222 Å². The summed E-state index contributed by atoms with van der Waals surface area (Å²) in [7, 11) is 0. The molecule has 4 rings (SSSR count). The van der Waals surface area contributed by atoms with E-state index in [9.17, 15) is 19.5 Å². The van der Waals surface area contributed by atoms with Gasteiger partial charge in [0.2, 0.25) is 5.91 Å². The molecule has 1 aliphatic carbocycles. The molecule has 3 unspecified atom stereocenters. The van der Waals surface area contributed by atoms with Crippen molar-refractivity contribution in [3.05, 3.63) is 95.6 Å². The van der Waals surface area contributed by atoms with E-state index < -0.39 is 28.7 Å². The average Bonchev–Trinajstić information content (AvgIpc) is 3.28. The number of aliphatic carboxylic acids is 1. The average molecular weight is 517 g/mol. The molecule has 192 valence electrons. The van der Waals surface area contributed by atoms with Gasteiger partial charge in [-0.3, -0.25) is 9.59 Å². The second-order valence-electron chi connectivity index (χ2n) is 9.87. The van der Waals surface area contributed by atoms with Crippen LogP contribution in [0.25, 0.3) is 11.1 Å². The second-order valence-corrected chi connectivity index (χ2v) is 10.4. The Balaban J connectivity index is 1.57. The number of hydrogen-bond donors (Lipinski definition) is 4. The number of carbonyl (C=O) groups excluding carboxylic acids is 2. The summed E-state index contributed by atoms with van der Waals surface area (Å²) in [6, 6.07) is 23.9. The summed E-state index contributed by atoms with van der Waals surface area (Å²) in [5.41, 5.74) is 3.18. The van der Waals surface area contributed by atoms with Gasteiger partial charge < -0.3 is 15.7 Å². The Kier molecular flexibility index (Phi) is 8.03. The number of hydrogen-bond acceptors (Lipinski definition) is 4. The van der Waals surface area contributed by atoms with Crippen LogP contribution < -0.4 is 10.6 Å². The van der Waals surface area contributed by atoms with E-state index in [0.717, 1.165) is 22.3 Å². The molecule has 0 saturated carbocycles. The number of carboxylic acids is 1. The van der Waals surface area contributed by atoms with Crippen LogP contribution in [-0.2, 0) is 32.8 Å². The first-order chi connectivity index (χ1) is 17.7. The van der Waals surface area contributed by atoms with Gasteiger partial charge in [-0.25, -0.2) is 4.79 Å². The van der Waals surface area contributed by atoms with Crippen molar-refractivity contribution in [2.75, 3.05) is 0 Å². The van der Waals surface area contributed by atoms with Crippen LogP contribution in [0.2, 0.25) is 0 Å². The highest BCUT2D eigenvalue weighted by Gasteiger charge is 2.48. The molecule has 0 radical (unpaired) electrons. The van der Waals surface area contributed by atoms with Crippen LogP contribution in [-0.4, -0.2) is 34.2 Å². The first kappa shape index (κ1) is 26.5. The van der Waals surface area contributed by atoms with Gasteiger partial charge in [0, 0.05) is 6.42 Å². The maximum Gasteiger partial charge on any atom is 0.326 e. The minimum atomic E-state index is -1.35. The Morgan fingerprint density at radius 2 is 1.54 bits per heavy atom. The van der Waals surface area contributed by atoms with Gasteiger partial charge in [-0.2, -0.15) is 12.6 Å². The normalized spacial score (nSPS) is 18.1. The van der Waals surface area contributed by atoms with E-state index in [1.165, 1.54) is 0 Å². The van der Waals surface area contributed by atoms with Gasteiger partial charge in [-0.1, -0.05) is 92.7 Å². The van der Waals surface area contributed by atoms with Crippen molar-refractivity contribution < 1.29 is 19.5 Å². The zero-order valence-electron chi connectivity index (χ0n) is 21.0. The highest BCUT2D eigenvalue weighted by Crippen LogP contribution is 2.38. The summed E-state index contributed by atoms with van der Waals surface area (Å²) < 4.78 is 0. The van der Waals surface area contributed by atoms with Crippen molar-refractivity contribution in [3.63, 3.8) is 0 Å². The Bertz CT molecular complexity index is 1280. The molecule has 2 amide bonds. The lowest BCUT2D eigenvalue weighted by molar-refractivity contribution is -0.143. The standard InChI is InChI=1S/C30H32N2O4S/c1-19(2)26(37)27(33)32-30(17-16-23-10-6-7-11-24(23)30)29(36)31-25(28(34)35)18-20-12-14-22(15-13-20)21-8-4-3-5-9-21/h3-15,19,25-26,37H,16-18H2,1-2H3,(H,31,36)(H,32,33)(H,34,35). The Hall–Kier alpha value is -3.58. The fourth-order valence-corrected chi connectivity index (χ4v) is 4.87. The van der Waals surface area contributed by atoms with Crippen molar-refractivity contribution in [1.29, 1.82) is 0 Å². The molecule has 3 aromatic carbocycles. The van der Waals surface area contributed by atoms with Gasteiger partial charge >= 0.3 is 5.97 Å². The molecule has 3 aromatic rings. The van der Waals surface area contributed by atoms with Crippen LogP contribution in [0.1, 0.15) is 37.0 Å². The number of thiol groups is 1. The highest BCUT2D eigenvalue weighted by molar-refractivity contribution is 7.81. The van der Waals surface area contributed by atoms with Gasteiger partial charge in [0.25, 0.3) is 5.91 Å². The second kappa shape index (κ2) is 11.2. The maximum absolute atomic E-state index is 13.8. The molecule has 0 heterocycles. The van der Waals surface area contributed by atoms with Crippen LogP contribution in [0.4, 0.5) is 0 Å². The molecule has 37 heavy (non-hydrogen) atoms. The van der Waals surface area contributed by atoms with E-state index in [1.54, 1.807) is 0 Å². The van der Waals surface area contributed by atoms with Crippen molar-refractivity contribution in [2.45, 2.75) is 49.9 Å². The largest absolute Gasteiger partial charge is 0.480 e. The summed E-state index contributed by atoms with van der Waals surface area (Å²) in [4.78, 5) is 39.0. The smallest absolute Gasteiger partial charge is 0.326 e. The number of benzene rings is 3. The molecule has 3 N–H and O–H groups in total. The lowest BCUT2D eigenvalue weighted by Crippen LogP contribution is -2.59. The SMILES string of the molecule is CC(C)C(S)C(=O)NC1(C(=O)NC(Cc2ccc(-c3ccccc3)cc2)C(=O)O)CCc2ccccc21. The summed E-state index contributed by atoms with van der Waals surface area (Å²) in [6.45, 7) is 3.77. The van der Waals surface area contributed by atoms with Crippen LogP contribution in [0, 0.1) is 5.92 Å². The minimum Gasteiger partial charge on any atom is -0.480 e. The van der Waals surface area contributed by atoms with E-state index in [2.05, 4.69) is 23.3 Å². The quantitative estimate of drug-likeness (QED) is 0.318. The summed E-state index contributed by atoms with van der Waals surface area (Å²) in [6.07, 6.45) is 1.06. The van der Waals surface area contributed by atoms with E-state index in [1.807, 2.05) is 92.7 Å². The van der Waals surface area contributed by atoms with E-state index in [0.29, 0.717) is 18.4 Å². The van der Waals surface area contributed by atoms with Crippen molar-refractivity contribution in [1.82, 2.24) is 10.6 Å². The molecule has 0 spiro atoms. The molecule has 1 aliphatic rings. The zero-order chi connectivity index (χ0) is 26.6. The number of rotatable bonds is 9. The number of amides is 2. The van der Waals surface area contributed by atoms with E-state index >= 15 is 0 Å². The fraction of sp³-hybridized carbons (Fsp3) is 0.300. The maximum atomic E-state index is 13.8. The van der Waals surface area contributed by atoms with E-state index in [-0.39, 0.29) is 18.2 Å². The van der Waals surface area contributed by atoms with Gasteiger partial charge in [0.05, 0.1) is 5.25 Å². The van der Waals surface area contributed by atoms with Gasteiger partial charge in [-0.15, -0.1) is 0 Å². The third-order valence-electron chi connectivity index (χ3n) is 6.98. The molecular formula is C30H32N2O4S. The lowest BCUT2D eigenvalue weighted by Gasteiger charge is -2.33. The first-order valence-electron chi connectivity index (χ1n) is 12.5. The number of nitrogens with one attached hydrogen (secondary N) is 2. The monoisotopic (exact) mass is 516 g/mol. The molecule has 3 atom stereocenters. The predicted molar refractivity (Wildman–Crippen MR) is 147 cm³/mol. The third kappa shape index (κ3) is 5.72. The van der Waals surface area contributed by atoms with Gasteiger partial charge in [-0.05, 0) is 46.6 Å². The Morgan fingerprint density at radius 1 is 0.919 bits per heavy atom. The number of carboxylic acid groups (broad SMARTS) is 1.